The largest absolute Gasteiger partial charge is 0.497 e. The van der Waals surface area contributed by atoms with Crippen LogP contribution in [0.3, 0.4) is 0 Å². The van der Waals surface area contributed by atoms with E-state index in [2.05, 4.69) is 5.32 Å². The van der Waals surface area contributed by atoms with Crippen LogP contribution in [0.5, 0.6) is 5.75 Å². The van der Waals surface area contributed by atoms with Crippen molar-refractivity contribution in [3.63, 3.8) is 0 Å². The number of carbonyl (C=O) groups is 1. The van der Waals surface area contributed by atoms with Crippen molar-refractivity contribution in [2.24, 2.45) is 0 Å². The number of nitrogens with one attached hydrogen (secondary N) is 1. The van der Waals surface area contributed by atoms with E-state index in [0.29, 0.717) is 6.61 Å². The van der Waals surface area contributed by atoms with Crippen LogP contribution in [0.25, 0.3) is 6.08 Å². The van der Waals surface area contributed by atoms with Crippen LogP contribution in [0, 0.1) is 0 Å². The van der Waals surface area contributed by atoms with E-state index in [1.165, 1.54) is 0 Å². The number of hydrogen-bond donors (Lipinski definition) is 1. The molecule has 0 unspecified atom stereocenters. The molecule has 0 aliphatic carbocycles. The Kier molecular flexibility index (Phi) is 3.10. The molecule has 0 saturated carbocycles. The molecule has 1 N–H and O–H groups in total. The van der Waals surface area contributed by atoms with Gasteiger partial charge in [0.25, 0.3) is 0 Å². The van der Waals surface area contributed by atoms with Gasteiger partial charge in [0, 0.05) is 0 Å². The number of ether oxygens (including phenoxy) is 2. The van der Waals surface area contributed by atoms with Crippen LogP contribution in [0.4, 0.5) is 4.79 Å². The van der Waals surface area contributed by atoms with Gasteiger partial charge in [0.15, 0.2) is 0 Å². The molecule has 1 atom stereocenters. The van der Waals surface area contributed by atoms with E-state index in [0.717, 1.165) is 11.3 Å². The molecule has 84 valence electrons. The van der Waals surface area contributed by atoms with E-state index < -0.39 is 0 Å². The average molecular weight is 219 g/mol. The zero-order valence-corrected chi connectivity index (χ0v) is 8.97. The first-order valence-electron chi connectivity index (χ1n) is 5.03. The van der Waals surface area contributed by atoms with Gasteiger partial charge in [-0.15, -0.1) is 0 Å². The zero-order chi connectivity index (χ0) is 11.4. The van der Waals surface area contributed by atoms with Gasteiger partial charge in [-0.05, 0) is 17.7 Å². The summed E-state index contributed by atoms with van der Waals surface area (Å²) in [6, 6.07) is 7.65. The first-order valence-corrected chi connectivity index (χ1v) is 5.03. The minimum absolute atomic E-state index is 0.0328. The average Bonchev–Trinajstić information content (AvgIpc) is 2.73. The van der Waals surface area contributed by atoms with E-state index in [4.69, 9.17) is 9.47 Å². The molecule has 1 heterocycles. The van der Waals surface area contributed by atoms with Crippen LogP contribution < -0.4 is 10.1 Å². The summed E-state index contributed by atoms with van der Waals surface area (Å²) in [6.07, 6.45) is 3.50. The number of amides is 1. The number of benzene rings is 1. The maximum absolute atomic E-state index is 10.8. The van der Waals surface area contributed by atoms with Gasteiger partial charge in [-0.25, -0.2) is 4.79 Å². The molecular weight excluding hydrogens is 206 g/mol. The summed E-state index contributed by atoms with van der Waals surface area (Å²) >= 11 is 0. The Morgan fingerprint density at radius 3 is 2.75 bits per heavy atom. The minimum Gasteiger partial charge on any atom is -0.497 e. The quantitative estimate of drug-likeness (QED) is 0.843. The number of methoxy groups -OCH3 is 1. The lowest BCUT2D eigenvalue weighted by atomic mass is 10.2. The molecule has 1 amide bonds. The van der Waals surface area contributed by atoms with Crippen molar-refractivity contribution in [2.45, 2.75) is 6.04 Å². The molecule has 1 aromatic rings. The second kappa shape index (κ2) is 4.70. The van der Waals surface area contributed by atoms with E-state index >= 15 is 0 Å². The van der Waals surface area contributed by atoms with Crippen LogP contribution in [-0.4, -0.2) is 25.9 Å². The second-order valence-electron chi connectivity index (χ2n) is 3.48. The summed E-state index contributed by atoms with van der Waals surface area (Å²) in [5.41, 5.74) is 1.06. The molecule has 0 bridgehead atoms. The second-order valence-corrected chi connectivity index (χ2v) is 3.48. The molecule has 1 aromatic carbocycles. The Labute approximate surface area is 93.9 Å². The highest BCUT2D eigenvalue weighted by atomic mass is 16.6. The fourth-order valence-electron chi connectivity index (χ4n) is 1.45. The van der Waals surface area contributed by atoms with Gasteiger partial charge in [-0.1, -0.05) is 24.3 Å². The van der Waals surface area contributed by atoms with Crippen molar-refractivity contribution in [2.75, 3.05) is 13.7 Å². The van der Waals surface area contributed by atoms with Crippen molar-refractivity contribution in [1.82, 2.24) is 5.32 Å². The molecule has 16 heavy (non-hydrogen) atoms. The summed E-state index contributed by atoms with van der Waals surface area (Å²) < 4.78 is 9.83. The third-order valence-corrected chi connectivity index (χ3v) is 2.33. The maximum Gasteiger partial charge on any atom is 0.407 e. The highest BCUT2D eigenvalue weighted by Crippen LogP contribution is 2.12. The maximum atomic E-state index is 10.8. The Morgan fingerprint density at radius 1 is 1.44 bits per heavy atom. The Balaban J connectivity index is 1.97. The van der Waals surface area contributed by atoms with Gasteiger partial charge in [0.1, 0.15) is 12.4 Å². The Morgan fingerprint density at radius 2 is 2.19 bits per heavy atom. The Hall–Kier alpha value is -1.97. The van der Waals surface area contributed by atoms with Gasteiger partial charge in [0.2, 0.25) is 0 Å². The molecule has 0 aromatic heterocycles. The zero-order valence-electron chi connectivity index (χ0n) is 8.97. The predicted octanol–water partition coefficient (Wildman–Crippen LogP) is 1.82. The highest BCUT2D eigenvalue weighted by Gasteiger charge is 2.18. The topological polar surface area (TPSA) is 47.6 Å². The Bertz CT molecular complexity index is 397. The van der Waals surface area contributed by atoms with E-state index in [1.54, 1.807) is 7.11 Å². The summed E-state index contributed by atoms with van der Waals surface area (Å²) in [5.74, 6) is 0.828. The standard InChI is InChI=1S/C12H13NO3/c1-15-11-6-3-9(4-7-11)2-5-10-8-16-12(14)13-10/h2-7,10H,8H2,1H3,(H,13,14)/b5-2+/t10-/m1/s1. The number of alkyl carbamates (subject to hydrolysis) is 1. The molecule has 1 saturated heterocycles. The van der Waals surface area contributed by atoms with Crippen LogP contribution in [-0.2, 0) is 4.74 Å². The van der Waals surface area contributed by atoms with Gasteiger partial charge in [0.05, 0.1) is 13.2 Å². The highest BCUT2D eigenvalue weighted by molar-refractivity contribution is 5.70. The monoisotopic (exact) mass is 219 g/mol. The molecule has 4 heteroatoms. The summed E-state index contributed by atoms with van der Waals surface area (Å²) in [4.78, 5) is 10.8. The van der Waals surface area contributed by atoms with Gasteiger partial charge in [-0.2, -0.15) is 0 Å². The van der Waals surface area contributed by atoms with E-state index in [9.17, 15) is 4.79 Å². The smallest absolute Gasteiger partial charge is 0.407 e. The third kappa shape index (κ3) is 2.53. The molecule has 0 radical (unpaired) electrons. The first kappa shape index (κ1) is 10.5. The normalized spacial score (nSPS) is 19.6. The molecule has 2 rings (SSSR count). The van der Waals surface area contributed by atoms with Crippen LogP contribution in [0.1, 0.15) is 5.56 Å². The van der Waals surface area contributed by atoms with Crippen LogP contribution in [0.2, 0.25) is 0 Å². The SMILES string of the molecule is COc1ccc(/C=C/[C@@H]2COC(=O)N2)cc1. The molecule has 1 fully saturated rings. The molecule has 1 aliphatic heterocycles. The van der Waals surface area contributed by atoms with Gasteiger partial charge >= 0.3 is 6.09 Å². The first-order chi connectivity index (χ1) is 7.78. The fourth-order valence-corrected chi connectivity index (χ4v) is 1.45. The molecule has 1 aliphatic rings. The predicted molar refractivity (Wildman–Crippen MR) is 60.3 cm³/mol. The van der Waals surface area contributed by atoms with Crippen LogP contribution >= 0.6 is 0 Å². The number of cyclic esters (lactones) is 1. The number of carbonyl (C=O) groups excluding carboxylic acids is 1. The van der Waals surface area contributed by atoms with E-state index in [1.807, 2.05) is 36.4 Å². The third-order valence-electron chi connectivity index (χ3n) is 2.33. The van der Waals surface area contributed by atoms with Crippen molar-refractivity contribution in [1.29, 1.82) is 0 Å². The van der Waals surface area contributed by atoms with E-state index in [-0.39, 0.29) is 12.1 Å². The minimum atomic E-state index is -0.357. The van der Waals surface area contributed by atoms with Crippen molar-refractivity contribution >= 4 is 12.2 Å². The van der Waals surface area contributed by atoms with Crippen molar-refractivity contribution < 1.29 is 14.3 Å². The summed E-state index contributed by atoms with van der Waals surface area (Å²) in [7, 11) is 1.64. The number of rotatable bonds is 3. The lowest BCUT2D eigenvalue weighted by Gasteiger charge is -2.01. The van der Waals surface area contributed by atoms with Gasteiger partial charge < -0.3 is 14.8 Å². The van der Waals surface area contributed by atoms with Crippen molar-refractivity contribution in [3.05, 3.63) is 35.9 Å². The lowest BCUT2D eigenvalue weighted by molar-refractivity contribution is 0.177. The van der Waals surface area contributed by atoms with Crippen molar-refractivity contribution in [3.8, 4) is 5.75 Å². The number of hydrogen-bond acceptors (Lipinski definition) is 3. The summed E-state index contributed by atoms with van der Waals surface area (Å²) in [5, 5.41) is 2.67. The summed E-state index contributed by atoms with van der Waals surface area (Å²) in [6.45, 7) is 0.394. The van der Waals surface area contributed by atoms with Crippen LogP contribution in [0.15, 0.2) is 30.3 Å². The molecular formula is C12H13NO3. The fraction of sp³-hybridized carbons (Fsp3) is 0.250. The van der Waals surface area contributed by atoms with Gasteiger partial charge in [-0.3, -0.25) is 0 Å². The molecule has 0 spiro atoms. The molecule has 4 nitrogen and oxygen atoms in total. The lowest BCUT2D eigenvalue weighted by Crippen LogP contribution is -2.23.